The largest absolute Gasteiger partial charge is 0.336 e. The highest BCUT2D eigenvalue weighted by molar-refractivity contribution is 5.82. The second kappa shape index (κ2) is 5.49. The fourth-order valence-electron chi connectivity index (χ4n) is 2.52. The number of carbonyl (C=O) groups excluding carboxylic acids is 2. The molecule has 2 fully saturated rings. The zero-order valence-corrected chi connectivity index (χ0v) is 10.4. The molecule has 0 aliphatic carbocycles. The van der Waals surface area contributed by atoms with Gasteiger partial charge < -0.3 is 15.1 Å². The van der Waals surface area contributed by atoms with Crippen molar-refractivity contribution in [3.63, 3.8) is 0 Å². The Morgan fingerprint density at radius 3 is 2.76 bits per heavy atom. The summed E-state index contributed by atoms with van der Waals surface area (Å²) in [5.41, 5.74) is 0. The molecular formula is C12H21N3O2. The summed E-state index contributed by atoms with van der Waals surface area (Å²) in [5, 5.41) is 2.80. The average molecular weight is 239 g/mol. The Balaban J connectivity index is 1.76. The first kappa shape index (κ1) is 12.4. The molecular weight excluding hydrogens is 218 g/mol. The minimum atomic E-state index is 0.0464. The van der Waals surface area contributed by atoms with Crippen molar-refractivity contribution in [2.45, 2.75) is 19.8 Å². The van der Waals surface area contributed by atoms with Crippen molar-refractivity contribution in [1.29, 1.82) is 0 Å². The molecule has 1 atom stereocenters. The Hall–Kier alpha value is -1.10. The fraction of sp³-hybridized carbons (Fsp3) is 0.833. The third-order valence-electron chi connectivity index (χ3n) is 3.73. The van der Waals surface area contributed by atoms with Gasteiger partial charge in [-0.05, 0) is 6.42 Å². The van der Waals surface area contributed by atoms with E-state index >= 15 is 0 Å². The SMILES string of the molecule is CCC1CN(CCN2CCNC2=O)CCC1=O. The third kappa shape index (κ3) is 2.97. The van der Waals surface area contributed by atoms with Crippen LogP contribution in [0.25, 0.3) is 0 Å². The molecule has 0 saturated carbocycles. The van der Waals surface area contributed by atoms with Gasteiger partial charge >= 0.3 is 6.03 Å². The van der Waals surface area contributed by atoms with Crippen LogP contribution < -0.4 is 5.32 Å². The number of carbonyl (C=O) groups is 2. The Labute approximate surface area is 102 Å². The second-order valence-electron chi connectivity index (χ2n) is 4.84. The minimum Gasteiger partial charge on any atom is -0.336 e. The number of hydrogen-bond donors (Lipinski definition) is 1. The molecule has 2 saturated heterocycles. The van der Waals surface area contributed by atoms with Crippen molar-refractivity contribution < 1.29 is 9.59 Å². The van der Waals surface area contributed by atoms with Crippen molar-refractivity contribution in [3.05, 3.63) is 0 Å². The molecule has 1 N–H and O–H groups in total. The molecule has 2 amide bonds. The zero-order valence-electron chi connectivity index (χ0n) is 10.4. The monoisotopic (exact) mass is 239 g/mol. The molecule has 0 aromatic heterocycles. The third-order valence-corrected chi connectivity index (χ3v) is 3.73. The quantitative estimate of drug-likeness (QED) is 0.768. The maximum absolute atomic E-state index is 11.6. The number of hydrogen-bond acceptors (Lipinski definition) is 3. The molecule has 0 bridgehead atoms. The fourth-order valence-corrected chi connectivity index (χ4v) is 2.52. The highest BCUT2D eigenvalue weighted by atomic mass is 16.2. The lowest BCUT2D eigenvalue weighted by Crippen LogP contribution is -2.44. The number of rotatable bonds is 4. The van der Waals surface area contributed by atoms with Gasteiger partial charge in [-0.25, -0.2) is 4.79 Å². The minimum absolute atomic E-state index is 0.0464. The summed E-state index contributed by atoms with van der Waals surface area (Å²) in [6.07, 6.45) is 1.60. The standard InChI is InChI=1S/C12H21N3O2/c1-2-10-9-14(5-3-11(10)16)7-8-15-6-4-13-12(15)17/h10H,2-9H2,1H3,(H,13,17). The van der Waals surface area contributed by atoms with Crippen LogP contribution in [0.3, 0.4) is 0 Å². The number of urea groups is 1. The van der Waals surface area contributed by atoms with Gasteiger partial charge in [0, 0.05) is 51.6 Å². The van der Waals surface area contributed by atoms with E-state index in [9.17, 15) is 9.59 Å². The van der Waals surface area contributed by atoms with Crippen LogP contribution in [0.4, 0.5) is 4.79 Å². The van der Waals surface area contributed by atoms with Gasteiger partial charge in [0.05, 0.1) is 0 Å². The van der Waals surface area contributed by atoms with Crippen molar-refractivity contribution in [2.75, 3.05) is 39.3 Å². The average Bonchev–Trinajstić information content (AvgIpc) is 2.74. The topological polar surface area (TPSA) is 52.6 Å². The van der Waals surface area contributed by atoms with Crippen LogP contribution in [0, 0.1) is 5.92 Å². The van der Waals surface area contributed by atoms with E-state index in [2.05, 4.69) is 17.1 Å². The number of ketones is 1. The number of nitrogens with one attached hydrogen (secondary N) is 1. The lowest BCUT2D eigenvalue weighted by Gasteiger charge is -2.32. The first-order valence-electron chi connectivity index (χ1n) is 6.48. The molecule has 5 nitrogen and oxygen atoms in total. The predicted molar refractivity (Wildman–Crippen MR) is 64.8 cm³/mol. The van der Waals surface area contributed by atoms with E-state index in [4.69, 9.17) is 0 Å². The van der Waals surface area contributed by atoms with Crippen LogP contribution in [0.15, 0.2) is 0 Å². The van der Waals surface area contributed by atoms with E-state index in [1.807, 2.05) is 4.90 Å². The van der Waals surface area contributed by atoms with Crippen molar-refractivity contribution >= 4 is 11.8 Å². The molecule has 0 aromatic carbocycles. The maximum atomic E-state index is 11.6. The lowest BCUT2D eigenvalue weighted by molar-refractivity contribution is -0.126. The summed E-state index contributed by atoms with van der Waals surface area (Å²) < 4.78 is 0. The van der Waals surface area contributed by atoms with Gasteiger partial charge in [0.15, 0.2) is 0 Å². The van der Waals surface area contributed by atoms with Crippen molar-refractivity contribution in [1.82, 2.24) is 15.1 Å². The molecule has 96 valence electrons. The van der Waals surface area contributed by atoms with Crippen molar-refractivity contribution in [2.24, 2.45) is 5.92 Å². The van der Waals surface area contributed by atoms with Gasteiger partial charge in [0.1, 0.15) is 5.78 Å². The molecule has 2 aliphatic heterocycles. The number of likely N-dealkylation sites (tertiary alicyclic amines) is 1. The Bertz CT molecular complexity index is 306. The van der Waals surface area contributed by atoms with Crippen LogP contribution >= 0.6 is 0 Å². The molecule has 2 heterocycles. The number of Topliss-reactive ketones (excluding diaryl/α,β-unsaturated/α-hetero) is 1. The van der Waals surface area contributed by atoms with Crippen LogP contribution in [0.2, 0.25) is 0 Å². The van der Waals surface area contributed by atoms with Crippen LogP contribution in [-0.2, 0) is 4.79 Å². The lowest BCUT2D eigenvalue weighted by atomic mass is 9.94. The summed E-state index contributed by atoms with van der Waals surface area (Å²) >= 11 is 0. The predicted octanol–water partition coefficient (Wildman–Crippen LogP) is 0.313. The molecule has 1 unspecified atom stereocenters. The normalized spacial score (nSPS) is 26.4. The number of nitrogens with zero attached hydrogens (tertiary/aromatic N) is 2. The van der Waals surface area contributed by atoms with Crippen LogP contribution in [-0.4, -0.2) is 60.9 Å². The molecule has 17 heavy (non-hydrogen) atoms. The van der Waals surface area contributed by atoms with E-state index in [1.165, 1.54) is 0 Å². The van der Waals surface area contributed by atoms with Gasteiger partial charge in [-0.3, -0.25) is 4.79 Å². The summed E-state index contributed by atoms with van der Waals surface area (Å²) in [5.74, 6) is 0.610. The van der Waals surface area contributed by atoms with Gasteiger partial charge in [-0.15, -0.1) is 0 Å². The van der Waals surface area contributed by atoms with Gasteiger partial charge in [0.25, 0.3) is 0 Å². The smallest absolute Gasteiger partial charge is 0.317 e. The van der Waals surface area contributed by atoms with Gasteiger partial charge in [0.2, 0.25) is 0 Å². The number of amides is 2. The first-order chi connectivity index (χ1) is 8.20. The first-order valence-corrected chi connectivity index (χ1v) is 6.48. The second-order valence-corrected chi connectivity index (χ2v) is 4.84. The zero-order chi connectivity index (χ0) is 12.3. The highest BCUT2D eigenvalue weighted by Crippen LogP contribution is 2.15. The Kier molecular flexibility index (Phi) is 3.99. The maximum Gasteiger partial charge on any atom is 0.317 e. The summed E-state index contributed by atoms with van der Waals surface area (Å²) in [7, 11) is 0. The molecule has 0 aromatic rings. The van der Waals surface area contributed by atoms with E-state index in [0.717, 1.165) is 45.7 Å². The van der Waals surface area contributed by atoms with E-state index in [1.54, 1.807) is 0 Å². The molecule has 0 spiro atoms. The van der Waals surface area contributed by atoms with Crippen molar-refractivity contribution in [3.8, 4) is 0 Å². The summed E-state index contributed by atoms with van der Waals surface area (Å²) in [6.45, 7) is 7.01. The summed E-state index contributed by atoms with van der Waals surface area (Å²) in [6, 6.07) is 0.0464. The van der Waals surface area contributed by atoms with Crippen LogP contribution in [0.1, 0.15) is 19.8 Å². The molecule has 2 rings (SSSR count). The molecule has 0 radical (unpaired) electrons. The Morgan fingerprint density at radius 1 is 1.29 bits per heavy atom. The van der Waals surface area contributed by atoms with Gasteiger partial charge in [-0.2, -0.15) is 0 Å². The summed E-state index contributed by atoms with van der Waals surface area (Å²) in [4.78, 5) is 27.1. The van der Waals surface area contributed by atoms with Gasteiger partial charge in [-0.1, -0.05) is 6.92 Å². The molecule has 2 aliphatic rings. The highest BCUT2D eigenvalue weighted by Gasteiger charge is 2.26. The van der Waals surface area contributed by atoms with E-state index < -0.39 is 0 Å². The van der Waals surface area contributed by atoms with E-state index in [-0.39, 0.29) is 11.9 Å². The Morgan fingerprint density at radius 2 is 2.12 bits per heavy atom. The van der Waals surface area contributed by atoms with Crippen LogP contribution in [0.5, 0.6) is 0 Å². The van der Waals surface area contributed by atoms with E-state index in [0.29, 0.717) is 12.2 Å². The molecule has 5 heteroatoms. The number of piperidine rings is 1.